The van der Waals surface area contributed by atoms with Crippen LogP contribution in [0.25, 0.3) is 22.1 Å². The Kier molecular flexibility index (Phi) is 10.9. The quantitative estimate of drug-likeness (QED) is 0.0888. The molecule has 236 valence electrons. The van der Waals surface area contributed by atoms with E-state index >= 15 is 0 Å². The second kappa shape index (κ2) is 15.0. The summed E-state index contributed by atoms with van der Waals surface area (Å²) in [4.78, 5) is 34.5. The van der Waals surface area contributed by atoms with Gasteiger partial charge in [0.15, 0.2) is 12.6 Å². The van der Waals surface area contributed by atoms with Crippen molar-refractivity contribution in [3.8, 4) is 0 Å². The van der Waals surface area contributed by atoms with E-state index in [9.17, 15) is 9.59 Å². The highest BCUT2D eigenvalue weighted by Gasteiger charge is 2.19. The highest BCUT2D eigenvalue weighted by Crippen LogP contribution is 2.31. The first kappa shape index (κ1) is 31.9. The van der Waals surface area contributed by atoms with E-state index < -0.39 is 8.07 Å². The van der Waals surface area contributed by atoms with E-state index in [4.69, 9.17) is 4.74 Å². The Morgan fingerprint density at radius 1 is 0.864 bits per heavy atom. The number of nitrogens with zero attached hydrogens (tertiary/aromatic N) is 3. The second-order valence-electron chi connectivity index (χ2n) is 13.5. The van der Waals surface area contributed by atoms with Crippen molar-refractivity contribution in [2.75, 3.05) is 17.2 Å². The van der Waals surface area contributed by atoms with E-state index in [0.717, 1.165) is 58.7 Å². The van der Waals surface area contributed by atoms with Crippen molar-refractivity contribution in [2.45, 2.75) is 109 Å². The Bertz CT molecular complexity index is 1530. The summed E-state index contributed by atoms with van der Waals surface area (Å²) in [7, 11) is -1.08. The molecule has 2 fully saturated rings. The number of rotatable bonds is 11. The number of hydrogen-bond acceptors (Lipinski definition) is 7. The number of carbonyl (C=O) groups excluding carboxylic acids is 2. The number of aromatic amines is 1. The molecular weight excluding hydrogens is 568 g/mol. The van der Waals surface area contributed by atoms with Gasteiger partial charge in [0.1, 0.15) is 18.0 Å². The van der Waals surface area contributed by atoms with E-state index in [1.165, 1.54) is 64.2 Å². The maximum Gasteiger partial charge on any atom is 0.153 e. The molecule has 4 aromatic rings. The van der Waals surface area contributed by atoms with Crippen LogP contribution in [0.4, 0.5) is 11.4 Å². The van der Waals surface area contributed by atoms with Gasteiger partial charge >= 0.3 is 0 Å². The molecule has 4 aromatic heterocycles. The predicted octanol–water partition coefficient (Wildman–Crippen LogP) is 8.03. The average Bonchev–Trinajstić information content (AvgIpc) is 3.68. The van der Waals surface area contributed by atoms with Gasteiger partial charge in [-0.2, -0.15) is 0 Å². The van der Waals surface area contributed by atoms with Gasteiger partial charge in [0.2, 0.25) is 0 Å². The van der Waals surface area contributed by atoms with Gasteiger partial charge in [0.05, 0.1) is 22.5 Å². The Morgan fingerprint density at radius 2 is 1.45 bits per heavy atom. The number of aromatic nitrogens is 4. The van der Waals surface area contributed by atoms with Crippen LogP contribution in [0.15, 0.2) is 36.9 Å². The van der Waals surface area contributed by atoms with E-state index in [-0.39, 0.29) is 0 Å². The molecule has 0 aromatic carbocycles. The molecule has 2 aliphatic carbocycles. The van der Waals surface area contributed by atoms with Crippen LogP contribution in [0.5, 0.6) is 0 Å². The standard InChI is InChI=1S/C20H31N3O2Si.C14H17N3O/c1-26(2,3)12-11-25-15-23-10-9-18-19(16(14-24)13-21-20(18)23)22-17-7-5-4-6-8-17;18-9-10-8-16-14-12(6-7-15-14)13(10)17-11-4-2-1-3-5-11/h9-10,13-14,17H,4-8,11-12,15H2,1-3H3,(H,21,22);6-9,11H,1-5H2,(H2,15,16,17). The number of nitrogens with one attached hydrogen (secondary N) is 3. The Hall–Kier alpha value is -3.50. The lowest BCUT2D eigenvalue weighted by molar-refractivity contribution is 0.0899. The minimum atomic E-state index is -1.08. The van der Waals surface area contributed by atoms with Crippen LogP contribution in [-0.2, 0) is 11.5 Å². The average molecular weight is 617 g/mol. The molecule has 6 rings (SSSR count). The topological polar surface area (TPSA) is 114 Å². The number of H-pyrrole nitrogens is 1. The van der Waals surface area contributed by atoms with E-state index in [0.29, 0.717) is 29.9 Å². The van der Waals surface area contributed by atoms with Gasteiger partial charge < -0.3 is 24.9 Å². The van der Waals surface area contributed by atoms with Crippen LogP contribution in [0.2, 0.25) is 25.7 Å². The predicted molar refractivity (Wildman–Crippen MR) is 182 cm³/mol. The summed E-state index contributed by atoms with van der Waals surface area (Å²) in [5.74, 6) is 0. The Balaban J connectivity index is 0.000000186. The van der Waals surface area contributed by atoms with E-state index in [1.54, 1.807) is 12.4 Å². The fourth-order valence-electron chi connectivity index (χ4n) is 6.23. The van der Waals surface area contributed by atoms with Crippen LogP contribution in [0.3, 0.4) is 0 Å². The van der Waals surface area contributed by atoms with Gasteiger partial charge in [-0.3, -0.25) is 9.59 Å². The minimum Gasteiger partial charge on any atom is -0.381 e. The van der Waals surface area contributed by atoms with Gasteiger partial charge in [-0.1, -0.05) is 58.2 Å². The molecule has 2 aliphatic rings. The maximum atomic E-state index is 11.5. The van der Waals surface area contributed by atoms with Crippen molar-refractivity contribution in [1.82, 2.24) is 19.5 Å². The Morgan fingerprint density at radius 3 is 2.05 bits per heavy atom. The zero-order valence-electron chi connectivity index (χ0n) is 26.5. The van der Waals surface area contributed by atoms with E-state index in [1.807, 2.05) is 29.1 Å². The first-order valence-electron chi connectivity index (χ1n) is 16.3. The van der Waals surface area contributed by atoms with Gasteiger partial charge in [-0.25, -0.2) is 9.97 Å². The lowest BCUT2D eigenvalue weighted by Gasteiger charge is -2.25. The molecule has 0 radical (unpaired) electrons. The molecule has 0 spiro atoms. The molecule has 2 saturated carbocycles. The Labute approximate surface area is 261 Å². The zero-order valence-corrected chi connectivity index (χ0v) is 27.5. The summed E-state index contributed by atoms with van der Waals surface area (Å²) in [6.45, 7) is 8.35. The zero-order chi connectivity index (χ0) is 30.9. The molecule has 4 heterocycles. The van der Waals surface area contributed by atoms with Crippen LogP contribution >= 0.6 is 0 Å². The molecule has 0 unspecified atom stereocenters. The van der Waals surface area contributed by atoms with Crippen molar-refractivity contribution in [1.29, 1.82) is 0 Å². The van der Waals surface area contributed by atoms with Crippen LogP contribution in [0, 0.1) is 0 Å². The molecule has 44 heavy (non-hydrogen) atoms. The molecule has 0 amide bonds. The molecular formula is C34H48N6O3Si. The maximum absolute atomic E-state index is 11.5. The molecule has 9 nitrogen and oxygen atoms in total. The SMILES string of the molecule is C[Si](C)(C)CCOCn1ccc2c(NC3CCCCC3)c(C=O)cnc21.O=Cc1cnc2[nH]ccc2c1NC1CCCCC1. The molecule has 0 saturated heterocycles. The lowest BCUT2D eigenvalue weighted by atomic mass is 9.95. The number of fused-ring (bicyclic) bond motifs is 2. The molecule has 0 aliphatic heterocycles. The van der Waals surface area contributed by atoms with Crippen molar-refractivity contribution >= 4 is 54.1 Å². The third-order valence-electron chi connectivity index (χ3n) is 8.82. The number of aldehydes is 2. The van der Waals surface area contributed by atoms with Crippen LogP contribution in [0.1, 0.15) is 84.9 Å². The molecule has 3 N–H and O–H groups in total. The van der Waals surface area contributed by atoms with Crippen molar-refractivity contribution in [2.24, 2.45) is 0 Å². The largest absolute Gasteiger partial charge is 0.381 e. The second-order valence-corrected chi connectivity index (χ2v) is 19.1. The van der Waals surface area contributed by atoms with Gasteiger partial charge in [-0.05, 0) is 43.9 Å². The number of ether oxygens (including phenoxy) is 1. The highest BCUT2D eigenvalue weighted by atomic mass is 28.3. The van der Waals surface area contributed by atoms with Gasteiger partial charge in [0, 0.05) is 62.3 Å². The number of hydrogen-bond donors (Lipinski definition) is 3. The highest BCUT2D eigenvalue weighted by molar-refractivity contribution is 6.76. The summed E-state index contributed by atoms with van der Waals surface area (Å²) >= 11 is 0. The fraction of sp³-hybridized carbons (Fsp3) is 0.529. The summed E-state index contributed by atoms with van der Waals surface area (Å²) in [6.07, 6.45) is 21.4. The van der Waals surface area contributed by atoms with Gasteiger partial charge in [0.25, 0.3) is 0 Å². The minimum absolute atomic E-state index is 0.449. The number of anilines is 2. The van der Waals surface area contributed by atoms with Crippen molar-refractivity contribution in [3.63, 3.8) is 0 Å². The molecule has 0 bridgehead atoms. The summed E-state index contributed by atoms with van der Waals surface area (Å²) in [5.41, 5.74) is 4.86. The smallest absolute Gasteiger partial charge is 0.153 e. The third-order valence-corrected chi connectivity index (χ3v) is 10.5. The van der Waals surface area contributed by atoms with Crippen molar-refractivity contribution < 1.29 is 14.3 Å². The van der Waals surface area contributed by atoms with Gasteiger partial charge in [-0.15, -0.1) is 0 Å². The lowest BCUT2D eigenvalue weighted by Crippen LogP contribution is -2.23. The first-order chi connectivity index (χ1) is 21.4. The van der Waals surface area contributed by atoms with Crippen LogP contribution in [-0.4, -0.2) is 58.9 Å². The summed E-state index contributed by atoms with van der Waals surface area (Å²) in [5, 5.41) is 9.18. The molecule has 10 heteroatoms. The number of pyridine rings is 2. The monoisotopic (exact) mass is 616 g/mol. The normalized spacial score (nSPS) is 16.4. The van der Waals surface area contributed by atoms with E-state index in [2.05, 4.69) is 45.2 Å². The van der Waals surface area contributed by atoms with Crippen LogP contribution < -0.4 is 10.6 Å². The fourth-order valence-corrected chi connectivity index (χ4v) is 6.98. The number of carbonyl (C=O) groups is 2. The van der Waals surface area contributed by atoms with Crippen molar-refractivity contribution in [3.05, 3.63) is 48.0 Å². The summed E-state index contributed by atoms with van der Waals surface area (Å²) in [6, 6.07) is 6.11. The third kappa shape index (κ3) is 8.15. The first-order valence-corrected chi connectivity index (χ1v) is 20.0. The molecule has 0 atom stereocenters. The summed E-state index contributed by atoms with van der Waals surface area (Å²) < 4.78 is 7.90.